The van der Waals surface area contributed by atoms with Gasteiger partial charge < -0.3 is 24.4 Å². The second-order valence-corrected chi connectivity index (χ2v) is 7.87. The van der Waals surface area contributed by atoms with Crippen LogP contribution < -0.4 is 19.5 Å². The lowest BCUT2D eigenvalue weighted by atomic mass is 9.79. The van der Waals surface area contributed by atoms with Crippen molar-refractivity contribution >= 4 is 17.5 Å². The zero-order valence-corrected chi connectivity index (χ0v) is 19.6. The van der Waals surface area contributed by atoms with Crippen LogP contribution in [0.5, 0.6) is 17.2 Å². The van der Waals surface area contributed by atoms with Crippen molar-refractivity contribution in [1.29, 1.82) is 0 Å². The lowest BCUT2D eigenvalue weighted by Gasteiger charge is -2.39. The van der Waals surface area contributed by atoms with Crippen molar-refractivity contribution in [3.8, 4) is 17.2 Å². The Bertz CT molecular complexity index is 1180. The smallest absolute Gasteiger partial charge is 0.254 e. The first-order valence-corrected chi connectivity index (χ1v) is 10.9. The van der Waals surface area contributed by atoms with Crippen LogP contribution in [-0.2, 0) is 4.79 Å². The topological polar surface area (TPSA) is 90.0 Å². The molecule has 0 radical (unpaired) electrons. The minimum atomic E-state index is -0.715. The number of anilines is 1. The molecule has 0 fully saturated rings. The predicted molar refractivity (Wildman–Crippen MR) is 128 cm³/mol. The zero-order valence-electron chi connectivity index (χ0n) is 19.6. The molecule has 34 heavy (non-hydrogen) atoms. The summed E-state index contributed by atoms with van der Waals surface area (Å²) in [6.07, 6.45) is 3.34. The van der Waals surface area contributed by atoms with Crippen LogP contribution in [0.1, 0.15) is 40.4 Å². The Kier molecular flexibility index (Phi) is 6.67. The second-order valence-electron chi connectivity index (χ2n) is 7.87. The SMILES string of the molecule is CCOc1ccc(NC(=O)C2c3cc(OC)c(OC)cc3C(=O)N(C)C2c2cccnc2)cc1. The number of hydrogen-bond donors (Lipinski definition) is 1. The van der Waals surface area contributed by atoms with E-state index >= 15 is 0 Å². The van der Waals surface area contributed by atoms with Gasteiger partial charge in [-0.2, -0.15) is 0 Å². The molecule has 2 heterocycles. The minimum Gasteiger partial charge on any atom is -0.494 e. The van der Waals surface area contributed by atoms with Crippen LogP contribution in [0, 0.1) is 0 Å². The number of methoxy groups -OCH3 is 2. The van der Waals surface area contributed by atoms with Crippen LogP contribution >= 0.6 is 0 Å². The Balaban J connectivity index is 1.80. The molecule has 176 valence electrons. The number of pyridine rings is 1. The van der Waals surface area contributed by atoms with E-state index in [9.17, 15) is 9.59 Å². The molecule has 1 aliphatic rings. The van der Waals surface area contributed by atoms with Crippen molar-refractivity contribution in [2.75, 3.05) is 33.2 Å². The van der Waals surface area contributed by atoms with Crippen molar-refractivity contribution < 1.29 is 23.8 Å². The number of amides is 2. The Morgan fingerprint density at radius 2 is 1.79 bits per heavy atom. The van der Waals surface area contributed by atoms with E-state index in [0.717, 1.165) is 11.3 Å². The van der Waals surface area contributed by atoms with Crippen molar-refractivity contribution in [3.63, 3.8) is 0 Å². The van der Waals surface area contributed by atoms with Gasteiger partial charge in [0.2, 0.25) is 5.91 Å². The van der Waals surface area contributed by atoms with E-state index in [1.165, 1.54) is 14.2 Å². The standard InChI is InChI=1S/C26H27N3O5/c1-5-34-18-10-8-17(9-11-18)28-25(30)23-19-13-21(32-3)22(33-4)14-20(19)26(31)29(2)24(23)16-7-6-12-27-15-16/h6-15,23-24H,5H2,1-4H3,(H,28,30). The monoisotopic (exact) mass is 461 g/mol. The Morgan fingerprint density at radius 3 is 2.41 bits per heavy atom. The molecule has 0 aliphatic carbocycles. The number of rotatable bonds is 7. The Labute approximate surface area is 198 Å². The number of nitrogens with one attached hydrogen (secondary N) is 1. The number of carbonyl (C=O) groups is 2. The third-order valence-electron chi connectivity index (χ3n) is 5.92. The molecule has 8 heteroatoms. The number of nitrogens with zero attached hydrogens (tertiary/aromatic N) is 2. The molecule has 2 aromatic carbocycles. The van der Waals surface area contributed by atoms with Crippen molar-refractivity contribution in [2.24, 2.45) is 0 Å². The van der Waals surface area contributed by atoms with Gasteiger partial charge in [0.1, 0.15) is 5.75 Å². The average Bonchev–Trinajstić information content (AvgIpc) is 2.87. The van der Waals surface area contributed by atoms with E-state index in [4.69, 9.17) is 14.2 Å². The number of fused-ring (bicyclic) bond motifs is 1. The number of likely N-dealkylation sites (N-methyl/N-ethyl adjacent to an activating group) is 1. The van der Waals surface area contributed by atoms with Crippen LogP contribution in [0.25, 0.3) is 0 Å². The molecule has 2 amide bonds. The van der Waals surface area contributed by atoms with Crippen molar-refractivity contribution in [2.45, 2.75) is 18.9 Å². The van der Waals surface area contributed by atoms with E-state index < -0.39 is 12.0 Å². The Morgan fingerprint density at radius 1 is 1.09 bits per heavy atom. The van der Waals surface area contributed by atoms with Gasteiger partial charge in [0.25, 0.3) is 5.91 Å². The first kappa shape index (κ1) is 23.1. The van der Waals surface area contributed by atoms with E-state index in [2.05, 4.69) is 10.3 Å². The third-order valence-corrected chi connectivity index (χ3v) is 5.92. The van der Waals surface area contributed by atoms with E-state index in [0.29, 0.717) is 34.9 Å². The van der Waals surface area contributed by atoms with Gasteiger partial charge in [-0.15, -0.1) is 0 Å². The molecule has 1 aliphatic heterocycles. The molecule has 8 nitrogen and oxygen atoms in total. The van der Waals surface area contributed by atoms with Gasteiger partial charge in [-0.3, -0.25) is 14.6 Å². The number of aromatic nitrogens is 1. The quantitative estimate of drug-likeness (QED) is 0.571. The zero-order chi connectivity index (χ0) is 24.2. The van der Waals surface area contributed by atoms with E-state index in [1.807, 2.05) is 13.0 Å². The minimum absolute atomic E-state index is 0.213. The van der Waals surface area contributed by atoms with Gasteiger partial charge in [0.05, 0.1) is 32.8 Å². The number of hydrogen-bond acceptors (Lipinski definition) is 6. The van der Waals surface area contributed by atoms with Gasteiger partial charge in [-0.05, 0) is 60.5 Å². The van der Waals surface area contributed by atoms with Gasteiger partial charge in [-0.25, -0.2) is 0 Å². The maximum absolute atomic E-state index is 13.8. The molecule has 4 rings (SSSR count). The Hall–Kier alpha value is -4.07. The van der Waals surface area contributed by atoms with Crippen molar-refractivity contribution in [1.82, 2.24) is 9.88 Å². The summed E-state index contributed by atoms with van der Waals surface area (Å²) in [6.45, 7) is 2.47. The number of benzene rings is 2. The molecule has 0 spiro atoms. The predicted octanol–water partition coefficient (Wildman–Crippen LogP) is 4.05. The highest BCUT2D eigenvalue weighted by atomic mass is 16.5. The van der Waals surface area contributed by atoms with Gasteiger partial charge in [0.15, 0.2) is 11.5 Å². The van der Waals surface area contributed by atoms with Crippen LogP contribution in [0.15, 0.2) is 60.9 Å². The first-order chi connectivity index (χ1) is 16.5. The lowest BCUT2D eigenvalue weighted by Crippen LogP contribution is -2.44. The van der Waals surface area contributed by atoms with Gasteiger partial charge >= 0.3 is 0 Å². The maximum atomic E-state index is 13.8. The molecule has 0 bridgehead atoms. The summed E-state index contributed by atoms with van der Waals surface area (Å²) >= 11 is 0. The van der Waals surface area contributed by atoms with E-state index in [-0.39, 0.29) is 11.8 Å². The van der Waals surface area contributed by atoms with Crippen LogP contribution in [0.3, 0.4) is 0 Å². The highest BCUT2D eigenvalue weighted by molar-refractivity contribution is 6.04. The molecular formula is C26H27N3O5. The van der Waals surface area contributed by atoms with E-state index in [1.54, 1.807) is 66.8 Å². The number of ether oxygens (including phenoxy) is 3. The fourth-order valence-corrected chi connectivity index (χ4v) is 4.32. The normalized spacial score (nSPS) is 17.1. The summed E-state index contributed by atoms with van der Waals surface area (Å²) in [5.41, 5.74) is 2.34. The largest absolute Gasteiger partial charge is 0.494 e. The molecule has 2 unspecified atom stereocenters. The highest BCUT2D eigenvalue weighted by Gasteiger charge is 2.43. The summed E-state index contributed by atoms with van der Waals surface area (Å²) in [5.74, 6) is 0.406. The van der Waals surface area contributed by atoms with Crippen LogP contribution in [-0.4, -0.2) is 49.6 Å². The maximum Gasteiger partial charge on any atom is 0.254 e. The molecular weight excluding hydrogens is 434 g/mol. The second kappa shape index (κ2) is 9.82. The van der Waals surface area contributed by atoms with Gasteiger partial charge in [0, 0.05) is 30.7 Å². The highest BCUT2D eigenvalue weighted by Crippen LogP contribution is 2.45. The summed E-state index contributed by atoms with van der Waals surface area (Å²) in [6, 6.07) is 13.6. The summed E-state index contributed by atoms with van der Waals surface area (Å²) in [5, 5.41) is 3.00. The number of carbonyl (C=O) groups excluding carboxylic acids is 2. The molecule has 1 N–H and O–H groups in total. The lowest BCUT2D eigenvalue weighted by molar-refractivity contribution is -0.119. The third kappa shape index (κ3) is 4.26. The molecule has 3 aromatic rings. The van der Waals surface area contributed by atoms with Crippen molar-refractivity contribution in [3.05, 3.63) is 77.6 Å². The average molecular weight is 462 g/mol. The van der Waals surface area contributed by atoms with Gasteiger partial charge in [-0.1, -0.05) is 6.07 Å². The molecule has 1 aromatic heterocycles. The molecule has 2 atom stereocenters. The summed E-state index contributed by atoms with van der Waals surface area (Å²) < 4.78 is 16.4. The fraction of sp³-hybridized carbons (Fsp3) is 0.269. The molecule has 0 saturated heterocycles. The molecule has 0 saturated carbocycles. The summed E-state index contributed by atoms with van der Waals surface area (Å²) in [4.78, 5) is 32.9. The van der Waals surface area contributed by atoms with Crippen LogP contribution in [0.4, 0.5) is 5.69 Å². The summed E-state index contributed by atoms with van der Waals surface area (Å²) in [7, 11) is 4.72. The first-order valence-electron chi connectivity index (χ1n) is 10.9. The fourth-order valence-electron chi connectivity index (χ4n) is 4.32. The van der Waals surface area contributed by atoms with Crippen LogP contribution in [0.2, 0.25) is 0 Å².